The van der Waals surface area contributed by atoms with E-state index in [1.54, 1.807) is 4.52 Å². The van der Waals surface area contributed by atoms with Crippen molar-refractivity contribution in [3.63, 3.8) is 0 Å². The number of hydrogen-bond donors (Lipinski definition) is 0. The SMILES string of the molecule is CSc1nc2nc(C)c(CC(=O)N3c4ccccc4CCC3C(C)C)c(C)n2n1. The number of aromatic nitrogens is 4. The van der Waals surface area contributed by atoms with Crippen LogP contribution in [0.25, 0.3) is 5.78 Å². The van der Waals surface area contributed by atoms with Gasteiger partial charge in [-0.2, -0.15) is 4.98 Å². The first kappa shape index (κ1) is 19.9. The average molecular weight is 410 g/mol. The molecule has 0 N–H and O–H groups in total. The number of hydrogen-bond acceptors (Lipinski definition) is 5. The van der Waals surface area contributed by atoms with Gasteiger partial charge in [0.15, 0.2) is 0 Å². The minimum Gasteiger partial charge on any atom is -0.309 e. The smallest absolute Gasteiger partial charge is 0.253 e. The van der Waals surface area contributed by atoms with E-state index in [4.69, 9.17) is 0 Å². The lowest BCUT2D eigenvalue weighted by atomic mass is 9.88. The maximum Gasteiger partial charge on any atom is 0.253 e. The number of rotatable bonds is 4. The fraction of sp³-hybridized carbons (Fsp3) is 0.455. The Labute approximate surface area is 175 Å². The molecule has 29 heavy (non-hydrogen) atoms. The Balaban J connectivity index is 1.73. The molecule has 1 aromatic carbocycles. The number of thioether (sulfide) groups is 1. The first-order valence-corrected chi connectivity index (χ1v) is 11.3. The molecule has 0 spiro atoms. The van der Waals surface area contributed by atoms with Gasteiger partial charge in [-0.25, -0.2) is 9.50 Å². The van der Waals surface area contributed by atoms with Crippen molar-refractivity contribution in [1.29, 1.82) is 0 Å². The molecule has 0 saturated heterocycles. The molecule has 1 atom stereocenters. The normalized spacial score (nSPS) is 16.5. The molecule has 0 fully saturated rings. The fourth-order valence-corrected chi connectivity index (χ4v) is 4.62. The highest BCUT2D eigenvalue weighted by molar-refractivity contribution is 7.98. The van der Waals surface area contributed by atoms with Crippen LogP contribution in [-0.4, -0.2) is 37.8 Å². The minimum atomic E-state index is 0.119. The summed E-state index contributed by atoms with van der Waals surface area (Å²) in [5.41, 5.74) is 5.01. The highest BCUT2D eigenvalue weighted by Crippen LogP contribution is 2.34. The third-order valence-corrected chi connectivity index (χ3v) is 6.41. The second-order valence-corrected chi connectivity index (χ2v) is 8.76. The Morgan fingerprint density at radius 2 is 2.00 bits per heavy atom. The molecule has 4 rings (SSSR count). The number of nitrogens with zero attached hydrogens (tertiary/aromatic N) is 5. The predicted octanol–water partition coefficient (Wildman–Crippen LogP) is 4.01. The molecule has 152 valence electrons. The van der Waals surface area contributed by atoms with Crippen LogP contribution in [0.15, 0.2) is 29.4 Å². The van der Waals surface area contributed by atoms with Crippen LogP contribution in [0.2, 0.25) is 0 Å². The highest BCUT2D eigenvalue weighted by Gasteiger charge is 2.33. The zero-order valence-electron chi connectivity index (χ0n) is 17.6. The topological polar surface area (TPSA) is 63.4 Å². The van der Waals surface area contributed by atoms with Crippen LogP contribution in [0.1, 0.15) is 42.8 Å². The molecule has 2 aromatic heterocycles. The van der Waals surface area contributed by atoms with Gasteiger partial charge in [0.1, 0.15) is 0 Å². The van der Waals surface area contributed by atoms with Gasteiger partial charge in [0.05, 0.1) is 6.42 Å². The summed E-state index contributed by atoms with van der Waals surface area (Å²) < 4.78 is 1.76. The number of anilines is 1. The number of para-hydroxylation sites is 1. The van der Waals surface area contributed by atoms with Crippen molar-refractivity contribution in [2.45, 2.75) is 58.2 Å². The number of carbonyl (C=O) groups is 1. The Bertz CT molecular complexity index is 1070. The summed E-state index contributed by atoms with van der Waals surface area (Å²) in [6.07, 6.45) is 4.27. The Hall–Kier alpha value is -2.41. The van der Waals surface area contributed by atoms with E-state index in [0.717, 1.165) is 35.5 Å². The summed E-state index contributed by atoms with van der Waals surface area (Å²) >= 11 is 1.49. The standard InChI is InChI=1S/C22H27N5OS/c1-13(2)18-11-10-16-8-6-7-9-19(16)26(18)20(28)12-17-14(3)23-21-24-22(29-5)25-27(21)15(17)4/h6-9,13,18H,10-12H2,1-5H3. The van der Waals surface area contributed by atoms with Crippen LogP contribution in [0.5, 0.6) is 0 Å². The van der Waals surface area contributed by atoms with E-state index in [1.165, 1.54) is 17.3 Å². The Morgan fingerprint density at radius 1 is 1.24 bits per heavy atom. The lowest BCUT2D eigenvalue weighted by molar-refractivity contribution is -0.118. The van der Waals surface area contributed by atoms with Crippen molar-refractivity contribution in [1.82, 2.24) is 19.6 Å². The molecule has 7 heteroatoms. The van der Waals surface area contributed by atoms with Gasteiger partial charge in [-0.05, 0) is 50.5 Å². The number of aryl methyl sites for hydroxylation is 3. The molecule has 0 radical (unpaired) electrons. The van der Waals surface area contributed by atoms with E-state index in [1.807, 2.05) is 31.1 Å². The maximum atomic E-state index is 13.6. The molecular weight excluding hydrogens is 382 g/mol. The second kappa shape index (κ2) is 7.78. The molecule has 0 bridgehead atoms. The average Bonchev–Trinajstić information content (AvgIpc) is 3.13. The van der Waals surface area contributed by atoms with Crippen molar-refractivity contribution in [3.05, 3.63) is 46.8 Å². The molecular formula is C22H27N5OS. The molecule has 3 aromatic rings. The predicted molar refractivity (Wildman–Crippen MR) is 117 cm³/mol. The molecule has 1 amide bonds. The molecule has 1 aliphatic rings. The van der Waals surface area contributed by atoms with Gasteiger partial charge >= 0.3 is 0 Å². The van der Waals surface area contributed by atoms with E-state index in [2.05, 4.69) is 47.1 Å². The summed E-state index contributed by atoms with van der Waals surface area (Å²) in [7, 11) is 0. The number of amides is 1. The number of benzene rings is 1. The number of fused-ring (bicyclic) bond motifs is 2. The van der Waals surface area contributed by atoms with Crippen LogP contribution in [0.4, 0.5) is 5.69 Å². The van der Waals surface area contributed by atoms with Gasteiger partial charge in [-0.15, -0.1) is 5.10 Å². The van der Waals surface area contributed by atoms with E-state index < -0.39 is 0 Å². The highest BCUT2D eigenvalue weighted by atomic mass is 32.2. The van der Waals surface area contributed by atoms with Gasteiger partial charge in [0.25, 0.3) is 5.78 Å². The first-order chi connectivity index (χ1) is 13.9. The summed E-state index contributed by atoms with van der Waals surface area (Å²) in [6.45, 7) is 8.34. The minimum absolute atomic E-state index is 0.119. The summed E-state index contributed by atoms with van der Waals surface area (Å²) in [6, 6.07) is 8.49. The summed E-state index contributed by atoms with van der Waals surface area (Å²) in [5, 5.41) is 5.20. The van der Waals surface area contributed by atoms with Crippen LogP contribution in [0.3, 0.4) is 0 Å². The maximum absolute atomic E-state index is 13.6. The largest absolute Gasteiger partial charge is 0.309 e. The van der Waals surface area contributed by atoms with Crippen LogP contribution >= 0.6 is 11.8 Å². The lowest BCUT2D eigenvalue weighted by Gasteiger charge is -2.39. The van der Waals surface area contributed by atoms with E-state index >= 15 is 0 Å². The monoisotopic (exact) mass is 409 g/mol. The van der Waals surface area contributed by atoms with Crippen molar-refractivity contribution >= 4 is 29.1 Å². The van der Waals surface area contributed by atoms with Crippen LogP contribution in [-0.2, 0) is 17.6 Å². The second-order valence-electron chi connectivity index (χ2n) is 7.99. The molecule has 0 saturated carbocycles. The van der Waals surface area contributed by atoms with Crippen LogP contribution < -0.4 is 4.90 Å². The van der Waals surface area contributed by atoms with Crippen LogP contribution in [0, 0.1) is 19.8 Å². The summed E-state index contributed by atoms with van der Waals surface area (Å²) in [4.78, 5) is 24.7. The Morgan fingerprint density at radius 3 is 2.72 bits per heavy atom. The van der Waals surface area contributed by atoms with Gasteiger partial charge in [0, 0.05) is 28.7 Å². The molecule has 3 heterocycles. The lowest BCUT2D eigenvalue weighted by Crippen LogP contribution is -2.47. The van der Waals surface area contributed by atoms with Gasteiger partial charge in [0.2, 0.25) is 11.1 Å². The van der Waals surface area contributed by atoms with Gasteiger partial charge in [-0.3, -0.25) is 4.79 Å². The van der Waals surface area contributed by atoms with Crippen molar-refractivity contribution in [3.8, 4) is 0 Å². The fourth-order valence-electron chi connectivity index (χ4n) is 4.29. The van der Waals surface area contributed by atoms with E-state index in [0.29, 0.717) is 23.3 Å². The zero-order chi connectivity index (χ0) is 20.7. The quantitative estimate of drug-likeness (QED) is 0.609. The zero-order valence-corrected chi connectivity index (χ0v) is 18.5. The summed E-state index contributed by atoms with van der Waals surface area (Å²) in [5.74, 6) is 1.10. The first-order valence-electron chi connectivity index (χ1n) is 10.1. The molecule has 6 nitrogen and oxygen atoms in total. The van der Waals surface area contributed by atoms with Crippen molar-refractivity contribution < 1.29 is 4.79 Å². The van der Waals surface area contributed by atoms with E-state index in [9.17, 15) is 4.79 Å². The van der Waals surface area contributed by atoms with Gasteiger partial charge < -0.3 is 4.90 Å². The molecule has 1 aliphatic heterocycles. The van der Waals surface area contributed by atoms with Crippen molar-refractivity contribution in [2.75, 3.05) is 11.2 Å². The molecule has 1 unspecified atom stereocenters. The Kier molecular flexibility index (Phi) is 5.34. The van der Waals surface area contributed by atoms with Crippen molar-refractivity contribution in [2.24, 2.45) is 5.92 Å². The molecule has 0 aliphatic carbocycles. The van der Waals surface area contributed by atoms with E-state index in [-0.39, 0.29) is 11.9 Å². The number of carbonyl (C=O) groups excluding carboxylic acids is 1. The third-order valence-electron chi connectivity index (χ3n) is 5.87. The van der Waals surface area contributed by atoms with Gasteiger partial charge in [-0.1, -0.05) is 43.8 Å². The third kappa shape index (κ3) is 3.52.